The Morgan fingerprint density at radius 3 is 2.10 bits per heavy atom. The molecule has 170 valence electrons. The average molecular weight is 430 g/mol. The Morgan fingerprint density at radius 2 is 1.55 bits per heavy atom. The molecule has 3 heterocycles. The van der Waals surface area contributed by atoms with Gasteiger partial charge in [0, 0.05) is 18.1 Å². The number of carbonyl (C=O) groups is 3. The summed E-state index contributed by atoms with van der Waals surface area (Å²) < 4.78 is 6.52. The van der Waals surface area contributed by atoms with E-state index in [1.165, 1.54) is 0 Å². The molecule has 0 aromatic rings. The number of likely N-dealkylation sites (tertiary alicyclic amines) is 1. The lowest BCUT2D eigenvalue weighted by molar-refractivity contribution is -0.147. The first-order valence-corrected chi connectivity index (χ1v) is 12.1. The van der Waals surface area contributed by atoms with E-state index in [2.05, 4.69) is 10.6 Å². The van der Waals surface area contributed by atoms with Crippen LogP contribution in [0.25, 0.3) is 0 Å². The van der Waals surface area contributed by atoms with Gasteiger partial charge in [-0.15, -0.1) is 0 Å². The predicted molar refractivity (Wildman–Crippen MR) is 115 cm³/mol. The van der Waals surface area contributed by atoms with Gasteiger partial charge in [-0.05, 0) is 46.5 Å². The maximum Gasteiger partial charge on any atom is 0.246 e. The van der Waals surface area contributed by atoms with Crippen molar-refractivity contribution in [1.29, 1.82) is 0 Å². The molecule has 0 unspecified atom stereocenters. The van der Waals surface area contributed by atoms with E-state index in [0.29, 0.717) is 0 Å². The van der Waals surface area contributed by atoms with Crippen LogP contribution in [0.1, 0.15) is 72.1 Å². The maximum absolute atomic E-state index is 13.7. The lowest BCUT2D eigenvalue weighted by atomic mass is 9.70. The summed E-state index contributed by atoms with van der Waals surface area (Å²) in [7, 11) is 0. The summed E-state index contributed by atoms with van der Waals surface area (Å²) >= 11 is 0. The minimum atomic E-state index is -1.07. The molecule has 5 aliphatic rings. The van der Waals surface area contributed by atoms with E-state index in [-0.39, 0.29) is 35.8 Å². The highest BCUT2D eigenvalue weighted by Crippen LogP contribution is 2.60. The van der Waals surface area contributed by atoms with Crippen molar-refractivity contribution >= 4 is 17.7 Å². The first-order valence-electron chi connectivity index (χ1n) is 12.1. The fourth-order valence-corrected chi connectivity index (χ4v) is 6.84. The molecule has 0 aromatic heterocycles. The first-order chi connectivity index (χ1) is 14.8. The van der Waals surface area contributed by atoms with Crippen LogP contribution in [-0.2, 0) is 19.1 Å². The minimum Gasteiger partial charge on any atom is -0.356 e. The topological polar surface area (TPSA) is 87.7 Å². The Kier molecular flexibility index (Phi) is 4.96. The van der Waals surface area contributed by atoms with Crippen molar-refractivity contribution in [3.8, 4) is 0 Å². The number of amides is 3. The van der Waals surface area contributed by atoms with Gasteiger partial charge in [0.05, 0.1) is 17.4 Å². The van der Waals surface area contributed by atoms with E-state index in [1.807, 2.05) is 32.9 Å². The van der Waals surface area contributed by atoms with Gasteiger partial charge >= 0.3 is 0 Å². The van der Waals surface area contributed by atoms with Gasteiger partial charge in [-0.25, -0.2) is 0 Å². The van der Waals surface area contributed by atoms with Crippen LogP contribution in [0.15, 0.2) is 12.2 Å². The average Bonchev–Trinajstić information content (AvgIpc) is 3.49. The number of hydrogen-bond acceptors (Lipinski definition) is 4. The van der Waals surface area contributed by atoms with Crippen molar-refractivity contribution in [2.24, 2.45) is 11.8 Å². The van der Waals surface area contributed by atoms with Crippen LogP contribution >= 0.6 is 0 Å². The molecule has 1 spiro atoms. The van der Waals surface area contributed by atoms with Crippen LogP contribution in [0.3, 0.4) is 0 Å². The fourth-order valence-electron chi connectivity index (χ4n) is 6.84. The molecule has 0 aromatic carbocycles. The summed E-state index contributed by atoms with van der Waals surface area (Å²) in [4.78, 5) is 42.3. The summed E-state index contributed by atoms with van der Waals surface area (Å²) in [6, 6.07) is -0.567. The second-order valence-electron chi connectivity index (χ2n) is 10.6. The highest BCUT2D eigenvalue weighted by atomic mass is 16.5. The van der Waals surface area contributed by atoms with Crippen LogP contribution in [-0.4, -0.2) is 58.0 Å². The summed E-state index contributed by atoms with van der Waals surface area (Å²) in [5.74, 6) is -1.68. The molecule has 5 rings (SSSR count). The van der Waals surface area contributed by atoms with Crippen molar-refractivity contribution in [3.05, 3.63) is 12.2 Å². The zero-order valence-electron chi connectivity index (χ0n) is 18.9. The molecule has 0 radical (unpaired) electrons. The molecule has 3 aliphatic heterocycles. The van der Waals surface area contributed by atoms with Crippen molar-refractivity contribution in [3.63, 3.8) is 0 Å². The smallest absolute Gasteiger partial charge is 0.246 e. The second kappa shape index (κ2) is 7.32. The van der Waals surface area contributed by atoms with E-state index in [4.69, 9.17) is 4.74 Å². The molecule has 7 nitrogen and oxygen atoms in total. The van der Waals surface area contributed by atoms with Gasteiger partial charge in [-0.1, -0.05) is 37.8 Å². The molecule has 2 saturated heterocycles. The molecule has 2 aliphatic carbocycles. The Hall–Kier alpha value is -1.89. The summed E-state index contributed by atoms with van der Waals surface area (Å²) in [5, 5.41) is 6.37. The lowest BCUT2D eigenvalue weighted by Gasteiger charge is -2.35. The molecule has 31 heavy (non-hydrogen) atoms. The summed E-state index contributed by atoms with van der Waals surface area (Å²) in [6.45, 7) is 5.74. The van der Waals surface area contributed by atoms with E-state index in [1.54, 1.807) is 4.90 Å². The van der Waals surface area contributed by atoms with Crippen LogP contribution in [0.4, 0.5) is 0 Å². The summed E-state index contributed by atoms with van der Waals surface area (Å²) in [6.07, 6.45) is 12.2. The van der Waals surface area contributed by atoms with Crippen LogP contribution in [0.2, 0.25) is 0 Å². The Bertz CT molecular complexity index is 814. The number of rotatable bonds is 5. The Balaban J connectivity index is 1.47. The van der Waals surface area contributed by atoms with Crippen LogP contribution < -0.4 is 10.6 Å². The highest BCUT2D eigenvalue weighted by molar-refractivity contribution is 6.00. The van der Waals surface area contributed by atoms with E-state index in [0.717, 1.165) is 51.4 Å². The maximum atomic E-state index is 13.7. The van der Waals surface area contributed by atoms with Gasteiger partial charge in [0.2, 0.25) is 17.7 Å². The van der Waals surface area contributed by atoms with Gasteiger partial charge in [0.1, 0.15) is 11.6 Å². The fraction of sp³-hybridized carbons (Fsp3) is 0.792. The van der Waals surface area contributed by atoms with Gasteiger partial charge in [0.15, 0.2) is 0 Å². The number of carbonyl (C=O) groups excluding carboxylic acids is 3. The molecule has 7 heteroatoms. The third kappa shape index (κ3) is 3.06. The largest absolute Gasteiger partial charge is 0.356 e. The quantitative estimate of drug-likeness (QED) is 0.655. The molecule has 5 atom stereocenters. The molecule has 2 saturated carbocycles. The Morgan fingerprint density at radius 1 is 1.00 bits per heavy atom. The standard InChI is InChI=1S/C24H35N3O4/c1-14(2)27-19(21(29)26-16-10-6-7-11-16)24-13-12-23(3,31-24)17(18(24)22(27)30)20(28)25-15-8-4-5-9-15/h12-19H,4-11H2,1-3H3,(H,25,28)(H,26,29)/t17-,18+,19+,23+,24+/m0/s1. The Labute approximate surface area is 184 Å². The number of nitrogens with one attached hydrogen (secondary N) is 2. The third-order valence-corrected chi connectivity index (χ3v) is 8.22. The van der Waals surface area contributed by atoms with Crippen LogP contribution in [0, 0.1) is 11.8 Å². The monoisotopic (exact) mass is 429 g/mol. The van der Waals surface area contributed by atoms with E-state index >= 15 is 0 Å². The second-order valence-corrected chi connectivity index (χ2v) is 10.6. The van der Waals surface area contributed by atoms with Crippen molar-refractivity contribution in [2.75, 3.05) is 0 Å². The van der Waals surface area contributed by atoms with Crippen LogP contribution in [0.5, 0.6) is 0 Å². The highest BCUT2D eigenvalue weighted by Gasteiger charge is 2.76. The zero-order chi connectivity index (χ0) is 22.0. The summed E-state index contributed by atoms with van der Waals surface area (Å²) in [5.41, 5.74) is -1.94. The van der Waals surface area contributed by atoms with Crippen molar-refractivity contribution in [1.82, 2.24) is 15.5 Å². The molecule has 2 N–H and O–H groups in total. The van der Waals surface area contributed by atoms with Crippen molar-refractivity contribution < 1.29 is 19.1 Å². The van der Waals surface area contributed by atoms with Crippen molar-refractivity contribution in [2.45, 2.75) is 108 Å². The minimum absolute atomic E-state index is 0.112. The normalized spacial score (nSPS) is 39.7. The van der Waals surface area contributed by atoms with Gasteiger partial charge in [0.25, 0.3) is 0 Å². The predicted octanol–water partition coefficient (Wildman–Crippen LogP) is 2.05. The molecule has 3 amide bonds. The SMILES string of the molecule is CC(C)N1C(=O)[C@H]2[C@@H](C(=O)NC3CCCC3)[C@@]3(C)C=C[C@]2(O3)[C@H]1C(=O)NC1CCCC1. The number of ether oxygens (including phenoxy) is 1. The van der Waals surface area contributed by atoms with E-state index < -0.39 is 29.1 Å². The number of hydrogen-bond donors (Lipinski definition) is 2. The molecule has 4 fully saturated rings. The van der Waals surface area contributed by atoms with E-state index in [9.17, 15) is 14.4 Å². The third-order valence-electron chi connectivity index (χ3n) is 8.22. The van der Waals surface area contributed by atoms with Gasteiger partial charge in [-0.2, -0.15) is 0 Å². The first kappa shape index (κ1) is 21.0. The lowest BCUT2D eigenvalue weighted by Crippen LogP contribution is -2.57. The molecular weight excluding hydrogens is 394 g/mol. The number of fused-ring (bicyclic) bond motifs is 1. The molecule has 2 bridgehead atoms. The van der Waals surface area contributed by atoms with Gasteiger partial charge < -0.3 is 20.3 Å². The molecular formula is C24H35N3O4. The zero-order valence-corrected chi connectivity index (χ0v) is 18.9. The van der Waals surface area contributed by atoms with Gasteiger partial charge in [-0.3, -0.25) is 14.4 Å². The number of nitrogens with zero attached hydrogens (tertiary/aromatic N) is 1.